The first-order valence-corrected chi connectivity index (χ1v) is 6.75. The fourth-order valence-corrected chi connectivity index (χ4v) is 3.52. The zero-order valence-corrected chi connectivity index (χ0v) is 10.6. The summed E-state index contributed by atoms with van der Waals surface area (Å²) in [6, 6.07) is 0.349. The molecule has 5 nitrogen and oxygen atoms in total. The average Bonchev–Trinajstić information content (AvgIpc) is 2.73. The quantitative estimate of drug-likeness (QED) is 0.773. The molecule has 18 heavy (non-hydrogen) atoms. The monoisotopic (exact) mass is 248 g/mol. The van der Waals surface area contributed by atoms with Crippen molar-refractivity contribution in [2.75, 3.05) is 18.0 Å². The molecule has 3 rings (SSSR count). The van der Waals surface area contributed by atoms with E-state index in [2.05, 4.69) is 14.9 Å². The average molecular weight is 248 g/mol. The number of rotatable bonds is 1. The van der Waals surface area contributed by atoms with E-state index >= 15 is 0 Å². The first kappa shape index (κ1) is 11.7. The summed E-state index contributed by atoms with van der Waals surface area (Å²) in [5.41, 5.74) is 6.49. The molecule has 1 saturated heterocycles. The van der Waals surface area contributed by atoms with Crippen LogP contribution < -0.4 is 16.2 Å². The Kier molecular flexibility index (Phi) is 2.86. The lowest BCUT2D eigenvalue weighted by atomic mass is 9.74. The lowest BCUT2D eigenvalue weighted by molar-refractivity contribution is 0.197. The number of aromatic amines is 1. The van der Waals surface area contributed by atoms with Crippen LogP contribution in [0.5, 0.6) is 0 Å². The molecule has 1 aliphatic carbocycles. The third-order valence-corrected chi connectivity index (χ3v) is 4.72. The van der Waals surface area contributed by atoms with Gasteiger partial charge in [0.2, 0.25) is 0 Å². The molecule has 0 amide bonds. The molecule has 1 aliphatic heterocycles. The number of hydrogen-bond acceptors (Lipinski definition) is 4. The van der Waals surface area contributed by atoms with E-state index in [4.69, 9.17) is 5.73 Å². The third-order valence-electron chi connectivity index (χ3n) is 4.72. The Morgan fingerprint density at radius 2 is 2.17 bits per heavy atom. The van der Waals surface area contributed by atoms with E-state index in [-0.39, 0.29) is 5.56 Å². The van der Waals surface area contributed by atoms with E-state index < -0.39 is 0 Å². The lowest BCUT2D eigenvalue weighted by Gasteiger charge is -2.42. The second-order valence-electron chi connectivity index (χ2n) is 5.59. The van der Waals surface area contributed by atoms with Gasteiger partial charge in [-0.2, -0.15) is 0 Å². The van der Waals surface area contributed by atoms with E-state index in [0.717, 1.165) is 32.4 Å². The molecule has 2 heterocycles. The van der Waals surface area contributed by atoms with Gasteiger partial charge in [-0.15, -0.1) is 0 Å². The minimum absolute atomic E-state index is 0.0934. The van der Waals surface area contributed by atoms with Crippen LogP contribution in [0, 0.1) is 5.41 Å². The molecule has 0 aromatic carbocycles. The Balaban J connectivity index is 1.74. The maximum atomic E-state index is 11.7. The van der Waals surface area contributed by atoms with Gasteiger partial charge in [-0.05, 0) is 31.1 Å². The topological polar surface area (TPSA) is 75.0 Å². The lowest BCUT2D eigenvalue weighted by Crippen LogP contribution is -2.48. The molecule has 1 aromatic heterocycles. The molecule has 1 atom stereocenters. The highest BCUT2D eigenvalue weighted by Gasteiger charge is 2.43. The van der Waals surface area contributed by atoms with E-state index in [1.165, 1.54) is 12.8 Å². The Hall–Kier alpha value is -1.36. The normalized spacial score (nSPS) is 26.7. The predicted octanol–water partition coefficient (Wildman–Crippen LogP) is 0.868. The van der Waals surface area contributed by atoms with Gasteiger partial charge in [-0.1, -0.05) is 6.42 Å². The number of anilines is 1. The number of nitrogens with zero attached hydrogens (tertiary/aromatic N) is 2. The SMILES string of the molecule is N[C@H]1CCCC12CCN(c1ncc[nH]c1=O)CC2. The Bertz CT molecular complexity index is 476. The van der Waals surface area contributed by atoms with Gasteiger partial charge in [-0.3, -0.25) is 4.79 Å². The van der Waals surface area contributed by atoms with Gasteiger partial charge < -0.3 is 15.6 Å². The van der Waals surface area contributed by atoms with Crippen molar-refractivity contribution in [3.8, 4) is 0 Å². The molecule has 2 fully saturated rings. The summed E-state index contributed by atoms with van der Waals surface area (Å²) in [6.45, 7) is 1.79. The molecule has 1 aromatic rings. The number of piperidine rings is 1. The number of aromatic nitrogens is 2. The molecule has 2 aliphatic rings. The van der Waals surface area contributed by atoms with Crippen molar-refractivity contribution >= 4 is 5.82 Å². The molecular formula is C13H20N4O. The molecule has 1 saturated carbocycles. The van der Waals surface area contributed by atoms with E-state index in [0.29, 0.717) is 17.3 Å². The molecule has 3 N–H and O–H groups in total. The minimum atomic E-state index is -0.0934. The van der Waals surface area contributed by atoms with Gasteiger partial charge in [0.05, 0.1) is 0 Å². The second-order valence-corrected chi connectivity index (χ2v) is 5.59. The summed E-state index contributed by atoms with van der Waals surface area (Å²) >= 11 is 0. The standard InChI is InChI=1S/C13H20N4O/c14-10-2-1-3-13(10)4-8-17(9-5-13)11-12(18)16-7-6-15-11/h6-7,10H,1-5,8-9,14H2,(H,16,18)/t10-/m0/s1. The van der Waals surface area contributed by atoms with Crippen molar-refractivity contribution in [2.24, 2.45) is 11.1 Å². The smallest absolute Gasteiger partial charge is 0.290 e. The van der Waals surface area contributed by atoms with Crippen LogP contribution in [0.1, 0.15) is 32.1 Å². The zero-order valence-electron chi connectivity index (χ0n) is 10.6. The molecule has 0 unspecified atom stereocenters. The molecular weight excluding hydrogens is 228 g/mol. The van der Waals surface area contributed by atoms with Crippen molar-refractivity contribution in [3.63, 3.8) is 0 Å². The minimum Gasteiger partial charge on any atom is -0.352 e. The Labute approximate surface area is 106 Å². The number of hydrogen-bond donors (Lipinski definition) is 2. The van der Waals surface area contributed by atoms with Crippen LogP contribution >= 0.6 is 0 Å². The fourth-order valence-electron chi connectivity index (χ4n) is 3.52. The summed E-state index contributed by atoms with van der Waals surface area (Å²) < 4.78 is 0. The van der Waals surface area contributed by atoms with Gasteiger partial charge in [0.25, 0.3) is 5.56 Å². The van der Waals surface area contributed by atoms with E-state index in [1.807, 2.05) is 0 Å². The Morgan fingerprint density at radius 1 is 1.39 bits per heavy atom. The van der Waals surface area contributed by atoms with Crippen molar-refractivity contribution in [2.45, 2.75) is 38.1 Å². The fraction of sp³-hybridized carbons (Fsp3) is 0.692. The van der Waals surface area contributed by atoms with Crippen molar-refractivity contribution in [1.82, 2.24) is 9.97 Å². The van der Waals surface area contributed by atoms with Gasteiger partial charge in [0, 0.05) is 31.5 Å². The third kappa shape index (κ3) is 1.82. The number of nitrogens with one attached hydrogen (secondary N) is 1. The van der Waals surface area contributed by atoms with Crippen LogP contribution in [0.3, 0.4) is 0 Å². The first-order chi connectivity index (χ1) is 8.71. The maximum Gasteiger partial charge on any atom is 0.290 e. The van der Waals surface area contributed by atoms with E-state index in [1.54, 1.807) is 12.4 Å². The largest absolute Gasteiger partial charge is 0.352 e. The summed E-state index contributed by atoms with van der Waals surface area (Å²) in [6.07, 6.45) is 9.05. The van der Waals surface area contributed by atoms with Crippen LogP contribution in [-0.4, -0.2) is 29.1 Å². The number of H-pyrrole nitrogens is 1. The molecule has 0 radical (unpaired) electrons. The highest BCUT2D eigenvalue weighted by atomic mass is 16.1. The number of nitrogens with two attached hydrogens (primary N) is 1. The van der Waals surface area contributed by atoms with Crippen LogP contribution in [0.4, 0.5) is 5.82 Å². The highest BCUT2D eigenvalue weighted by Crippen LogP contribution is 2.45. The summed E-state index contributed by atoms with van der Waals surface area (Å²) in [4.78, 5) is 20.7. The summed E-state index contributed by atoms with van der Waals surface area (Å²) in [7, 11) is 0. The van der Waals surface area contributed by atoms with Gasteiger partial charge in [0.15, 0.2) is 5.82 Å². The molecule has 1 spiro atoms. The van der Waals surface area contributed by atoms with Gasteiger partial charge >= 0.3 is 0 Å². The second kappa shape index (κ2) is 4.39. The maximum absolute atomic E-state index is 11.7. The Morgan fingerprint density at radius 3 is 2.78 bits per heavy atom. The van der Waals surface area contributed by atoms with Crippen molar-refractivity contribution in [1.29, 1.82) is 0 Å². The molecule has 0 bridgehead atoms. The zero-order chi connectivity index (χ0) is 12.6. The highest BCUT2D eigenvalue weighted by molar-refractivity contribution is 5.36. The first-order valence-electron chi connectivity index (χ1n) is 6.75. The molecule has 98 valence electrons. The van der Waals surface area contributed by atoms with Gasteiger partial charge in [0.1, 0.15) is 0 Å². The van der Waals surface area contributed by atoms with Crippen molar-refractivity contribution < 1.29 is 0 Å². The predicted molar refractivity (Wildman–Crippen MR) is 70.6 cm³/mol. The van der Waals surface area contributed by atoms with Crippen molar-refractivity contribution in [3.05, 3.63) is 22.7 Å². The van der Waals surface area contributed by atoms with Gasteiger partial charge in [-0.25, -0.2) is 4.98 Å². The summed E-state index contributed by atoms with van der Waals surface area (Å²) in [5, 5.41) is 0. The van der Waals surface area contributed by atoms with Crippen LogP contribution in [-0.2, 0) is 0 Å². The van der Waals surface area contributed by atoms with Crippen LogP contribution in [0.25, 0.3) is 0 Å². The summed E-state index contributed by atoms with van der Waals surface area (Å²) in [5.74, 6) is 0.555. The van der Waals surface area contributed by atoms with E-state index in [9.17, 15) is 4.79 Å². The molecule has 5 heteroatoms. The van der Waals surface area contributed by atoms with Crippen LogP contribution in [0.2, 0.25) is 0 Å². The van der Waals surface area contributed by atoms with Crippen LogP contribution in [0.15, 0.2) is 17.2 Å².